The minimum Gasteiger partial charge on any atom is -0.327 e. The fourth-order valence-corrected chi connectivity index (χ4v) is 2.37. The summed E-state index contributed by atoms with van der Waals surface area (Å²) in [5.41, 5.74) is 4.65. The van der Waals surface area contributed by atoms with Gasteiger partial charge in [-0.15, -0.1) is 12.4 Å². The molecule has 3 aromatic heterocycles. The maximum atomic E-state index is 12.7. The molecule has 0 aliphatic carbocycles. The fraction of sp³-hybridized carbons (Fsp3) is 0.176. The van der Waals surface area contributed by atoms with Crippen LogP contribution in [-0.4, -0.2) is 30.9 Å². The molecule has 0 radical (unpaired) electrons. The topological polar surface area (TPSA) is 91.6 Å². The number of hydrogen-bond acceptors (Lipinski definition) is 5. The van der Waals surface area contributed by atoms with Gasteiger partial charge < -0.3 is 5.73 Å². The number of hydrogen-bond donors (Lipinski definition) is 1. The Bertz CT molecular complexity index is 1060. The Morgan fingerprint density at radius 2 is 1.97 bits per heavy atom. The highest BCUT2D eigenvalue weighted by atomic mass is 35.5. The van der Waals surface area contributed by atoms with Gasteiger partial charge in [0.15, 0.2) is 0 Å². The first-order chi connectivity index (χ1) is 13.3. The summed E-state index contributed by atoms with van der Waals surface area (Å²) in [7, 11) is 0. The first-order valence-electron chi connectivity index (χ1n) is 7.97. The van der Waals surface area contributed by atoms with E-state index in [1.165, 1.54) is 18.5 Å². The maximum absolute atomic E-state index is 12.7. The summed E-state index contributed by atoms with van der Waals surface area (Å²) in [5, 5.41) is 3.90. The van der Waals surface area contributed by atoms with E-state index in [9.17, 15) is 22.4 Å². The number of rotatable bonds is 5. The van der Waals surface area contributed by atoms with Crippen molar-refractivity contribution < 1.29 is 17.6 Å². The number of nitrogens with two attached hydrogens (primary N) is 1. The predicted molar refractivity (Wildman–Crippen MR) is 99.3 cm³/mol. The normalized spacial score (nSPS) is 12.0. The third-order valence-electron chi connectivity index (χ3n) is 3.83. The lowest BCUT2D eigenvalue weighted by molar-refractivity contribution is -0.141. The zero-order valence-electron chi connectivity index (χ0n) is 14.7. The second-order valence-electron chi connectivity index (χ2n) is 5.72. The third-order valence-corrected chi connectivity index (χ3v) is 3.83. The van der Waals surface area contributed by atoms with E-state index in [0.717, 1.165) is 21.5 Å². The van der Waals surface area contributed by atoms with Crippen molar-refractivity contribution >= 4 is 12.4 Å². The molecule has 0 aliphatic rings. The van der Waals surface area contributed by atoms with Crippen LogP contribution in [0.4, 0.5) is 17.6 Å². The molecule has 0 atom stereocenters. The smallest absolute Gasteiger partial charge is 0.327 e. The van der Waals surface area contributed by atoms with E-state index in [1.54, 1.807) is 12.1 Å². The molecule has 3 rings (SSSR count). The first-order valence-corrected chi connectivity index (χ1v) is 7.97. The average Bonchev–Trinajstić information content (AvgIpc) is 3.06. The quantitative estimate of drug-likeness (QED) is 0.628. The van der Waals surface area contributed by atoms with Crippen molar-refractivity contribution in [1.29, 1.82) is 0 Å². The van der Waals surface area contributed by atoms with E-state index >= 15 is 0 Å². The second-order valence-corrected chi connectivity index (χ2v) is 5.72. The molecule has 2 N–H and O–H groups in total. The molecule has 154 valence electrons. The van der Waals surface area contributed by atoms with Crippen molar-refractivity contribution in [3.8, 4) is 17.1 Å². The highest BCUT2D eigenvalue weighted by molar-refractivity contribution is 5.85. The summed E-state index contributed by atoms with van der Waals surface area (Å²) in [5.74, 6) is 0.201. The summed E-state index contributed by atoms with van der Waals surface area (Å²) in [6.07, 6.45) is -1.94. The molecule has 29 heavy (non-hydrogen) atoms. The average molecular weight is 431 g/mol. The van der Waals surface area contributed by atoms with Crippen LogP contribution in [0.25, 0.3) is 17.1 Å². The number of pyridine rings is 2. The largest absolute Gasteiger partial charge is 0.433 e. The van der Waals surface area contributed by atoms with Crippen molar-refractivity contribution in [2.45, 2.75) is 12.7 Å². The van der Waals surface area contributed by atoms with E-state index in [2.05, 4.69) is 15.1 Å². The van der Waals surface area contributed by atoms with Gasteiger partial charge in [0.2, 0.25) is 0 Å². The molecule has 0 fully saturated rings. The molecule has 3 aromatic rings. The zero-order chi connectivity index (χ0) is 20.3. The summed E-state index contributed by atoms with van der Waals surface area (Å²) < 4.78 is 52.7. The van der Waals surface area contributed by atoms with Gasteiger partial charge in [-0.3, -0.25) is 4.98 Å². The third kappa shape index (κ3) is 4.87. The van der Waals surface area contributed by atoms with Crippen LogP contribution in [0.3, 0.4) is 0 Å². The lowest BCUT2D eigenvalue weighted by Crippen LogP contribution is -2.26. The highest BCUT2D eigenvalue weighted by Gasteiger charge is 2.32. The molecule has 0 amide bonds. The minimum absolute atomic E-state index is 0. The maximum Gasteiger partial charge on any atom is 0.433 e. The van der Waals surface area contributed by atoms with Crippen molar-refractivity contribution in [2.24, 2.45) is 5.73 Å². The van der Waals surface area contributed by atoms with Gasteiger partial charge >= 0.3 is 11.9 Å². The Kier molecular flexibility index (Phi) is 6.88. The van der Waals surface area contributed by atoms with E-state index < -0.39 is 17.6 Å². The molecular weight excluding hydrogens is 416 g/mol. The van der Waals surface area contributed by atoms with Crippen molar-refractivity contribution in [1.82, 2.24) is 24.3 Å². The number of alkyl halides is 3. The van der Waals surface area contributed by atoms with E-state index in [1.807, 2.05) is 0 Å². The molecule has 0 unspecified atom stereocenters. The molecule has 12 heteroatoms. The molecule has 0 aliphatic heterocycles. The Hall–Kier alpha value is -3.05. The Morgan fingerprint density at radius 3 is 2.55 bits per heavy atom. The Labute approximate surface area is 167 Å². The minimum atomic E-state index is -4.54. The van der Waals surface area contributed by atoms with Gasteiger partial charge in [0.25, 0.3) is 0 Å². The van der Waals surface area contributed by atoms with Crippen molar-refractivity contribution in [2.75, 3.05) is 6.54 Å². The summed E-state index contributed by atoms with van der Waals surface area (Å²) in [6, 6.07) is 6.79. The molecule has 0 bridgehead atoms. The van der Waals surface area contributed by atoms with Crippen LogP contribution in [0, 0.1) is 0 Å². The van der Waals surface area contributed by atoms with Crippen LogP contribution < -0.4 is 11.4 Å². The molecule has 0 aromatic carbocycles. The van der Waals surface area contributed by atoms with Gasteiger partial charge in [0, 0.05) is 18.3 Å². The summed E-state index contributed by atoms with van der Waals surface area (Å²) in [4.78, 5) is 20.1. The lowest BCUT2D eigenvalue weighted by atomic mass is 10.2. The van der Waals surface area contributed by atoms with Gasteiger partial charge in [0.1, 0.15) is 17.8 Å². The lowest BCUT2D eigenvalue weighted by Gasteiger charge is -2.07. The summed E-state index contributed by atoms with van der Waals surface area (Å²) >= 11 is 0. The number of nitrogens with zero attached hydrogens (tertiary/aromatic N) is 5. The van der Waals surface area contributed by atoms with Crippen molar-refractivity contribution in [3.63, 3.8) is 0 Å². The van der Waals surface area contributed by atoms with Gasteiger partial charge in [-0.2, -0.15) is 18.3 Å². The van der Waals surface area contributed by atoms with E-state index in [0.29, 0.717) is 17.6 Å². The number of aromatic nitrogens is 5. The second kappa shape index (κ2) is 8.97. The monoisotopic (exact) mass is 430 g/mol. The van der Waals surface area contributed by atoms with Crippen LogP contribution in [-0.2, 0) is 12.7 Å². The van der Waals surface area contributed by atoms with Crippen LogP contribution in [0.1, 0.15) is 5.69 Å². The molecule has 3 heterocycles. The highest BCUT2D eigenvalue weighted by Crippen LogP contribution is 2.28. The zero-order valence-corrected chi connectivity index (χ0v) is 15.5. The Balaban J connectivity index is 0.00000300. The molecule has 0 saturated heterocycles. The molecular formula is C17H15ClF4N6O. The standard InChI is InChI=1S/C17H14F4N6O.ClH/c18-6-11(7-22)9-27-16(28)26(10-24-27)15-3-1-2-13(25-15)12-4-5-14(23-8-12)17(19,20)21;/h1-6,8,10H,7,9,22H2;1H/b11-6+;. The van der Waals surface area contributed by atoms with Gasteiger partial charge in [-0.25, -0.2) is 23.4 Å². The fourth-order valence-electron chi connectivity index (χ4n) is 2.37. The van der Waals surface area contributed by atoms with Gasteiger partial charge in [-0.05, 0) is 29.8 Å². The van der Waals surface area contributed by atoms with Gasteiger partial charge in [-0.1, -0.05) is 6.07 Å². The van der Waals surface area contributed by atoms with Crippen LogP contribution >= 0.6 is 12.4 Å². The van der Waals surface area contributed by atoms with Crippen LogP contribution in [0.5, 0.6) is 0 Å². The SMILES string of the molecule is Cl.NC/C(=C\F)Cn1ncn(-c2cccc(-c3ccc(C(F)(F)F)nc3)n2)c1=O. The first kappa shape index (κ1) is 22.2. The summed E-state index contributed by atoms with van der Waals surface area (Å²) in [6.45, 7) is -0.175. The molecule has 7 nitrogen and oxygen atoms in total. The predicted octanol–water partition coefficient (Wildman–Crippen LogP) is 2.74. The van der Waals surface area contributed by atoms with Crippen molar-refractivity contribution in [3.05, 3.63) is 70.9 Å². The molecule has 0 saturated carbocycles. The molecule has 0 spiro atoms. The Morgan fingerprint density at radius 1 is 1.21 bits per heavy atom. The van der Waals surface area contributed by atoms with Crippen LogP contribution in [0.2, 0.25) is 0 Å². The van der Waals surface area contributed by atoms with Crippen LogP contribution in [0.15, 0.2) is 59.6 Å². The number of halogens is 5. The van der Waals surface area contributed by atoms with E-state index in [-0.39, 0.29) is 36.9 Å². The van der Waals surface area contributed by atoms with E-state index in [4.69, 9.17) is 5.73 Å². The van der Waals surface area contributed by atoms with Gasteiger partial charge in [0.05, 0.1) is 18.6 Å².